The Morgan fingerprint density at radius 3 is 2.29 bits per heavy atom. The van der Waals surface area contributed by atoms with Gasteiger partial charge in [-0.1, -0.05) is 6.92 Å². The van der Waals surface area contributed by atoms with Crippen molar-refractivity contribution in [2.24, 2.45) is 17.6 Å². The molecule has 1 aliphatic carbocycles. The van der Waals surface area contributed by atoms with Crippen LogP contribution in [0.25, 0.3) is 17.0 Å². The van der Waals surface area contributed by atoms with Crippen molar-refractivity contribution in [3.05, 3.63) is 53.9 Å². The second-order valence-corrected chi connectivity index (χ2v) is 9.45. The molecule has 4 rings (SSSR count). The second kappa shape index (κ2) is 9.77. The molecule has 1 aromatic carbocycles. The highest BCUT2D eigenvalue weighted by molar-refractivity contribution is 6.01. The molecule has 0 atom stereocenters. The van der Waals surface area contributed by atoms with E-state index in [9.17, 15) is 19.5 Å². The van der Waals surface area contributed by atoms with Crippen LogP contribution in [0.1, 0.15) is 67.4 Å². The van der Waals surface area contributed by atoms with Crippen LogP contribution in [0.4, 0.5) is 5.82 Å². The molecule has 2 heterocycles. The lowest BCUT2D eigenvalue weighted by Gasteiger charge is -2.32. The summed E-state index contributed by atoms with van der Waals surface area (Å²) in [6, 6.07) is 9.98. The maximum atomic E-state index is 13.5. The molecule has 9 nitrogen and oxygen atoms in total. The first-order valence-corrected chi connectivity index (χ1v) is 11.8. The van der Waals surface area contributed by atoms with Crippen LogP contribution < -0.4 is 10.6 Å². The Labute approximate surface area is 203 Å². The summed E-state index contributed by atoms with van der Waals surface area (Å²) in [6.07, 6.45) is 5.02. The van der Waals surface area contributed by atoms with E-state index >= 15 is 0 Å². The number of nitrogens with two attached hydrogens (primary N) is 1. The lowest BCUT2D eigenvalue weighted by Crippen LogP contribution is -2.43. The topological polar surface area (TPSA) is 132 Å². The first-order valence-electron chi connectivity index (χ1n) is 11.8. The predicted octanol–water partition coefficient (Wildman–Crippen LogP) is 4.50. The predicted molar refractivity (Wildman–Crippen MR) is 130 cm³/mol. The number of hydrogen-bond donors (Lipinski definition) is 2. The number of rotatable bonds is 7. The Balaban J connectivity index is 1.65. The molecule has 3 aromatic rings. The molecule has 2 aromatic heterocycles. The van der Waals surface area contributed by atoms with Gasteiger partial charge in [0, 0.05) is 23.7 Å². The molecule has 2 amide bonds. The number of carbonyl (C=O) groups excluding carboxylic acids is 2. The van der Waals surface area contributed by atoms with E-state index < -0.39 is 11.9 Å². The molecular formula is C26H30N4O5. The SMILES string of the molecule is CC(C)N(c1nn(-c2ccc(-c3ccc(C(N)=O)o3)cc2)cc1C(=O)O)C(=O)[C@H]1CC[C@H](C)CC1. The Hall–Kier alpha value is -3.88. The summed E-state index contributed by atoms with van der Waals surface area (Å²) in [5, 5.41) is 14.4. The highest BCUT2D eigenvalue weighted by Gasteiger charge is 2.34. The van der Waals surface area contributed by atoms with Gasteiger partial charge in [-0.05, 0) is 81.8 Å². The number of carboxylic acids is 1. The lowest BCUT2D eigenvalue weighted by atomic mass is 9.82. The lowest BCUT2D eigenvalue weighted by molar-refractivity contribution is -0.124. The number of aromatic nitrogens is 2. The van der Waals surface area contributed by atoms with Crippen LogP contribution in [0.15, 0.2) is 47.0 Å². The molecule has 0 bridgehead atoms. The number of aromatic carboxylic acids is 1. The summed E-state index contributed by atoms with van der Waals surface area (Å²) in [6.45, 7) is 5.93. The molecular weight excluding hydrogens is 448 g/mol. The largest absolute Gasteiger partial charge is 0.477 e. The van der Waals surface area contributed by atoms with Crippen molar-refractivity contribution in [1.82, 2.24) is 9.78 Å². The fraction of sp³-hybridized carbons (Fsp3) is 0.385. The van der Waals surface area contributed by atoms with Crippen LogP contribution in [0.3, 0.4) is 0 Å². The maximum Gasteiger partial charge on any atom is 0.341 e. The smallest absolute Gasteiger partial charge is 0.341 e. The van der Waals surface area contributed by atoms with Crippen LogP contribution in [-0.2, 0) is 4.79 Å². The Bertz CT molecular complexity index is 1230. The van der Waals surface area contributed by atoms with Crippen molar-refractivity contribution in [2.45, 2.75) is 52.5 Å². The van der Waals surface area contributed by atoms with Gasteiger partial charge >= 0.3 is 5.97 Å². The molecule has 0 radical (unpaired) electrons. The third-order valence-corrected chi connectivity index (χ3v) is 6.54. The second-order valence-electron chi connectivity index (χ2n) is 9.45. The first kappa shape index (κ1) is 24.3. The van der Waals surface area contributed by atoms with Crippen molar-refractivity contribution in [3.63, 3.8) is 0 Å². The molecule has 1 saturated carbocycles. The Kier molecular flexibility index (Phi) is 6.77. The van der Waals surface area contributed by atoms with Gasteiger partial charge < -0.3 is 15.3 Å². The van der Waals surface area contributed by atoms with Gasteiger partial charge in [0.1, 0.15) is 11.3 Å². The van der Waals surface area contributed by atoms with Gasteiger partial charge in [0.05, 0.1) is 5.69 Å². The minimum absolute atomic E-state index is 0.0301. The van der Waals surface area contributed by atoms with Crippen LogP contribution in [-0.4, -0.2) is 38.7 Å². The van der Waals surface area contributed by atoms with Gasteiger partial charge in [-0.3, -0.25) is 14.5 Å². The number of hydrogen-bond acceptors (Lipinski definition) is 5. The molecule has 0 saturated heterocycles. The number of primary amides is 1. The van der Waals surface area contributed by atoms with Gasteiger partial charge in [0.2, 0.25) is 5.91 Å². The zero-order valence-electron chi connectivity index (χ0n) is 20.1. The Morgan fingerprint density at radius 2 is 1.74 bits per heavy atom. The van der Waals surface area contributed by atoms with E-state index in [0.717, 1.165) is 31.2 Å². The first-order chi connectivity index (χ1) is 16.7. The summed E-state index contributed by atoms with van der Waals surface area (Å²) >= 11 is 0. The molecule has 1 fully saturated rings. The van der Waals surface area contributed by atoms with Crippen molar-refractivity contribution in [3.8, 4) is 17.0 Å². The summed E-state index contributed by atoms with van der Waals surface area (Å²) in [5.41, 5.74) is 6.55. The molecule has 0 unspecified atom stereocenters. The molecule has 3 N–H and O–H groups in total. The number of amides is 2. The van der Waals surface area contributed by atoms with E-state index in [-0.39, 0.29) is 35.0 Å². The quantitative estimate of drug-likeness (QED) is 0.514. The summed E-state index contributed by atoms with van der Waals surface area (Å²) in [5.74, 6) is -0.687. The van der Waals surface area contributed by atoms with E-state index in [2.05, 4.69) is 12.0 Å². The average molecular weight is 479 g/mol. The standard InChI is InChI=1S/C26H30N4O5/c1-15(2)30(25(32)18-6-4-16(3)5-7-18)24-20(26(33)34)14-29(28-24)19-10-8-17(9-11-19)21-12-13-22(35-21)23(27)31/h8-16,18H,4-7H2,1-3H3,(H2,27,31)(H,33,34)/t16-,18-. The number of anilines is 1. The van der Waals surface area contributed by atoms with Gasteiger partial charge in [-0.15, -0.1) is 5.10 Å². The summed E-state index contributed by atoms with van der Waals surface area (Å²) < 4.78 is 6.92. The number of furan rings is 1. The number of benzene rings is 1. The minimum atomic E-state index is -1.15. The van der Waals surface area contributed by atoms with Crippen molar-refractivity contribution >= 4 is 23.6 Å². The van der Waals surface area contributed by atoms with Gasteiger partial charge in [-0.2, -0.15) is 0 Å². The van der Waals surface area contributed by atoms with E-state index in [1.54, 1.807) is 30.3 Å². The number of carboxylic acid groups (broad SMARTS) is 1. The summed E-state index contributed by atoms with van der Waals surface area (Å²) in [7, 11) is 0. The van der Waals surface area contributed by atoms with E-state index in [1.807, 2.05) is 13.8 Å². The third kappa shape index (κ3) is 4.99. The van der Waals surface area contributed by atoms with Gasteiger partial charge in [0.25, 0.3) is 5.91 Å². The van der Waals surface area contributed by atoms with Crippen molar-refractivity contribution in [1.29, 1.82) is 0 Å². The average Bonchev–Trinajstić information content (AvgIpc) is 3.48. The van der Waals surface area contributed by atoms with Crippen LogP contribution in [0.2, 0.25) is 0 Å². The van der Waals surface area contributed by atoms with E-state index in [0.29, 0.717) is 17.4 Å². The monoisotopic (exact) mass is 478 g/mol. The highest BCUT2D eigenvalue weighted by Crippen LogP contribution is 2.33. The zero-order valence-corrected chi connectivity index (χ0v) is 20.1. The van der Waals surface area contributed by atoms with Crippen LogP contribution >= 0.6 is 0 Å². The van der Waals surface area contributed by atoms with E-state index in [1.165, 1.54) is 21.8 Å². The van der Waals surface area contributed by atoms with Gasteiger partial charge in [-0.25, -0.2) is 9.48 Å². The summed E-state index contributed by atoms with van der Waals surface area (Å²) in [4.78, 5) is 38.4. The fourth-order valence-electron chi connectivity index (χ4n) is 4.54. The molecule has 1 aliphatic rings. The van der Waals surface area contributed by atoms with Crippen molar-refractivity contribution in [2.75, 3.05) is 4.90 Å². The molecule has 35 heavy (non-hydrogen) atoms. The normalized spacial score (nSPS) is 17.9. The molecule has 0 spiro atoms. The van der Waals surface area contributed by atoms with Crippen molar-refractivity contribution < 1.29 is 23.9 Å². The Morgan fingerprint density at radius 1 is 1.09 bits per heavy atom. The number of nitrogens with zero attached hydrogens (tertiary/aromatic N) is 3. The molecule has 9 heteroatoms. The molecule has 0 aliphatic heterocycles. The molecule has 184 valence electrons. The van der Waals surface area contributed by atoms with E-state index in [4.69, 9.17) is 10.2 Å². The number of carbonyl (C=O) groups is 3. The minimum Gasteiger partial charge on any atom is -0.477 e. The third-order valence-electron chi connectivity index (χ3n) is 6.54. The highest BCUT2D eigenvalue weighted by atomic mass is 16.4. The fourth-order valence-corrected chi connectivity index (χ4v) is 4.54. The zero-order chi connectivity index (χ0) is 25.3. The maximum absolute atomic E-state index is 13.5. The van der Waals surface area contributed by atoms with Crippen LogP contribution in [0, 0.1) is 11.8 Å². The van der Waals surface area contributed by atoms with Crippen LogP contribution in [0.5, 0.6) is 0 Å². The van der Waals surface area contributed by atoms with Gasteiger partial charge in [0.15, 0.2) is 11.6 Å².